The first-order valence-electron chi connectivity index (χ1n) is 8.25. The average molecular weight is 400 g/mol. The van der Waals surface area contributed by atoms with E-state index in [1.54, 1.807) is 42.6 Å². The van der Waals surface area contributed by atoms with Crippen LogP contribution in [0.5, 0.6) is 5.75 Å². The maximum Gasteiger partial charge on any atom is 0.339 e. The first-order chi connectivity index (χ1) is 12.8. The molecule has 0 radical (unpaired) electrons. The summed E-state index contributed by atoms with van der Waals surface area (Å²) in [6, 6.07) is 18.7. The van der Waals surface area contributed by atoms with E-state index in [0.29, 0.717) is 5.02 Å². The van der Waals surface area contributed by atoms with Crippen molar-refractivity contribution in [2.75, 3.05) is 0 Å². The van der Waals surface area contributed by atoms with Gasteiger partial charge in [0.1, 0.15) is 10.6 Å². The molecule has 0 bridgehead atoms. The Morgan fingerprint density at radius 2 is 1.59 bits per heavy atom. The molecule has 6 heteroatoms. The van der Waals surface area contributed by atoms with Gasteiger partial charge in [0, 0.05) is 11.2 Å². The quantitative estimate of drug-likeness (QED) is 0.422. The molecule has 0 unspecified atom stereocenters. The minimum atomic E-state index is -3.86. The van der Waals surface area contributed by atoms with E-state index in [1.807, 2.05) is 32.0 Å². The highest BCUT2D eigenvalue weighted by molar-refractivity contribution is 7.87. The molecular formula is C21H18ClNO3S. The van der Waals surface area contributed by atoms with E-state index < -0.39 is 10.1 Å². The molecule has 3 aromatic carbocycles. The Labute approximate surface area is 164 Å². The zero-order valence-corrected chi connectivity index (χ0v) is 16.5. The smallest absolute Gasteiger partial charge is 0.339 e. The number of aliphatic imine (C=N–C) groups is 1. The lowest BCUT2D eigenvalue weighted by atomic mass is 10.2. The predicted octanol–water partition coefficient (Wildman–Crippen LogP) is 5.48. The lowest BCUT2D eigenvalue weighted by Gasteiger charge is -2.07. The molecule has 0 saturated carbocycles. The fourth-order valence-electron chi connectivity index (χ4n) is 2.37. The molecule has 0 heterocycles. The molecule has 0 N–H and O–H groups in total. The van der Waals surface area contributed by atoms with Crippen LogP contribution in [0.4, 0.5) is 5.69 Å². The van der Waals surface area contributed by atoms with Crippen LogP contribution in [0.1, 0.15) is 16.7 Å². The van der Waals surface area contributed by atoms with Crippen LogP contribution in [-0.4, -0.2) is 14.6 Å². The summed E-state index contributed by atoms with van der Waals surface area (Å²) in [4.78, 5) is 4.55. The average Bonchev–Trinajstić information content (AvgIpc) is 2.64. The lowest BCUT2D eigenvalue weighted by molar-refractivity contribution is 0.486. The van der Waals surface area contributed by atoms with Crippen molar-refractivity contribution in [3.8, 4) is 5.75 Å². The highest BCUT2D eigenvalue weighted by Gasteiger charge is 2.16. The highest BCUT2D eigenvalue weighted by Crippen LogP contribution is 2.25. The van der Waals surface area contributed by atoms with Gasteiger partial charge in [0.05, 0.1) is 5.69 Å². The van der Waals surface area contributed by atoms with Crippen LogP contribution in [0.25, 0.3) is 0 Å². The van der Waals surface area contributed by atoms with Gasteiger partial charge in [-0.15, -0.1) is 0 Å². The molecule has 0 atom stereocenters. The summed E-state index contributed by atoms with van der Waals surface area (Å²) in [5.74, 6) is 0.242. The third-order valence-electron chi connectivity index (χ3n) is 3.99. The third kappa shape index (κ3) is 4.76. The van der Waals surface area contributed by atoms with Crippen LogP contribution in [0.3, 0.4) is 0 Å². The molecular weight excluding hydrogens is 382 g/mol. The third-order valence-corrected chi connectivity index (χ3v) is 5.66. The van der Waals surface area contributed by atoms with Crippen LogP contribution in [0, 0.1) is 13.8 Å². The van der Waals surface area contributed by atoms with Crippen molar-refractivity contribution in [3.63, 3.8) is 0 Å². The molecule has 0 aromatic heterocycles. The number of nitrogens with zero attached hydrogens (tertiary/aromatic N) is 1. The molecule has 3 rings (SSSR count). The van der Waals surface area contributed by atoms with E-state index in [-0.39, 0.29) is 10.6 Å². The van der Waals surface area contributed by atoms with Gasteiger partial charge in [0.25, 0.3) is 0 Å². The van der Waals surface area contributed by atoms with Gasteiger partial charge in [-0.05, 0) is 73.5 Å². The summed E-state index contributed by atoms with van der Waals surface area (Å²) in [5.41, 5.74) is 3.48. The van der Waals surface area contributed by atoms with Crippen molar-refractivity contribution >= 4 is 33.6 Å². The number of hydrogen-bond acceptors (Lipinski definition) is 4. The van der Waals surface area contributed by atoms with Crippen molar-refractivity contribution in [1.82, 2.24) is 0 Å². The van der Waals surface area contributed by atoms with E-state index in [4.69, 9.17) is 15.8 Å². The molecule has 3 aromatic rings. The topological polar surface area (TPSA) is 55.7 Å². The Kier molecular flexibility index (Phi) is 5.63. The monoisotopic (exact) mass is 399 g/mol. The Morgan fingerprint density at radius 3 is 2.26 bits per heavy atom. The molecule has 4 nitrogen and oxygen atoms in total. The maximum absolute atomic E-state index is 12.3. The first kappa shape index (κ1) is 19.1. The SMILES string of the molecule is Cc1ccc(S(=O)(=O)Oc2ccc(C=Nc3cccc(Cl)c3C)cc2)cc1. The lowest BCUT2D eigenvalue weighted by Crippen LogP contribution is -2.09. The van der Waals surface area contributed by atoms with Gasteiger partial charge in [0.15, 0.2) is 0 Å². The molecule has 0 saturated heterocycles. The summed E-state index contributed by atoms with van der Waals surface area (Å²) < 4.78 is 29.8. The van der Waals surface area contributed by atoms with Crippen LogP contribution in [0.2, 0.25) is 5.02 Å². The molecule has 0 amide bonds. The zero-order valence-electron chi connectivity index (χ0n) is 14.9. The highest BCUT2D eigenvalue weighted by atomic mass is 35.5. The Bertz CT molecular complexity index is 1070. The van der Waals surface area contributed by atoms with E-state index in [1.165, 1.54) is 12.1 Å². The maximum atomic E-state index is 12.3. The van der Waals surface area contributed by atoms with Gasteiger partial charge in [-0.25, -0.2) is 0 Å². The van der Waals surface area contributed by atoms with E-state index >= 15 is 0 Å². The molecule has 0 spiro atoms. The fraction of sp³-hybridized carbons (Fsp3) is 0.0952. The van der Waals surface area contributed by atoms with Gasteiger partial charge in [-0.2, -0.15) is 8.42 Å². The van der Waals surface area contributed by atoms with E-state index in [0.717, 1.165) is 22.4 Å². The van der Waals surface area contributed by atoms with Crippen molar-refractivity contribution < 1.29 is 12.6 Å². The Morgan fingerprint density at radius 1 is 0.926 bits per heavy atom. The second-order valence-electron chi connectivity index (χ2n) is 6.06. The van der Waals surface area contributed by atoms with Gasteiger partial charge >= 0.3 is 10.1 Å². The number of hydrogen-bond donors (Lipinski definition) is 0. The minimum absolute atomic E-state index is 0.121. The van der Waals surface area contributed by atoms with Crippen molar-refractivity contribution in [3.05, 3.63) is 88.4 Å². The molecule has 138 valence electrons. The molecule has 0 fully saturated rings. The van der Waals surface area contributed by atoms with Gasteiger partial charge in [0.2, 0.25) is 0 Å². The normalized spacial score (nSPS) is 11.7. The van der Waals surface area contributed by atoms with E-state index in [2.05, 4.69) is 4.99 Å². The Hall–Kier alpha value is -2.63. The summed E-state index contributed by atoms with van der Waals surface area (Å²) >= 11 is 6.09. The molecule has 0 aliphatic heterocycles. The summed E-state index contributed by atoms with van der Waals surface area (Å²) in [5, 5.41) is 0.662. The van der Waals surface area contributed by atoms with Gasteiger partial charge in [-0.3, -0.25) is 4.99 Å². The Balaban J connectivity index is 1.74. The summed E-state index contributed by atoms with van der Waals surface area (Å²) in [6.45, 7) is 3.80. The van der Waals surface area contributed by atoms with Crippen LogP contribution >= 0.6 is 11.6 Å². The largest absolute Gasteiger partial charge is 0.379 e. The van der Waals surface area contributed by atoms with Crippen LogP contribution in [-0.2, 0) is 10.1 Å². The fourth-order valence-corrected chi connectivity index (χ4v) is 3.47. The second kappa shape index (κ2) is 7.94. The van der Waals surface area contributed by atoms with Crippen LogP contribution < -0.4 is 4.18 Å². The standard InChI is InChI=1S/C21H18ClNO3S/c1-15-6-12-19(13-7-15)27(24,25)26-18-10-8-17(9-11-18)14-23-21-5-3-4-20(22)16(21)2/h3-14H,1-2H3. The molecule has 27 heavy (non-hydrogen) atoms. The molecule has 0 aliphatic rings. The number of rotatable bonds is 5. The first-order valence-corrected chi connectivity index (χ1v) is 10.0. The summed E-state index contributed by atoms with van der Waals surface area (Å²) in [7, 11) is -3.86. The molecule has 0 aliphatic carbocycles. The second-order valence-corrected chi connectivity index (χ2v) is 8.02. The van der Waals surface area contributed by atoms with Gasteiger partial charge < -0.3 is 4.18 Å². The summed E-state index contributed by atoms with van der Waals surface area (Å²) in [6.07, 6.45) is 1.69. The van der Waals surface area contributed by atoms with Crippen LogP contribution in [0.15, 0.2) is 76.6 Å². The van der Waals surface area contributed by atoms with Crippen molar-refractivity contribution in [2.24, 2.45) is 4.99 Å². The van der Waals surface area contributed by atoms with Crippen molar-refractivity contribution in [2.45, 2.75) is 18.7 Å². The number of halogens is 1. The zero-order chi connectivity index (χ0) is 19.4. The van der Waals surface area contributed by atoms with Gasteiger partial charge in [-0.1, -0.05) is 35.4 Å². The number of benzene rings is 3. The number of aryl methyl sites for hydroxylation is 1. The predicted molar refractivity (Wildman–Crippen MR) is 109 cm³/mol. The van der Waals surface area contributed by atoms with Crippen molar-refractivity contribution in [1.29, 1.82) is 0 Å². The van der Waals surface area contributed by atoms with E-state index in [9.17, 15) is 8.42 Å². The minimum Gasteiger partial charge on any atom is -0.379 e.